The summed E-state index contributed by atoms with van der Waals surface area (Å²) in [6.45, 7) is 1.68. The van der Waals surface area contributed by atoms with E-state index in [9.17, 15) is 9.59 Å². The van der Waals surface area contributed by atoms with Crippen LogP contribution in [0.15, 0.2) is 24.4 Å². The number of aromatic nitrogens is 1. The first-order valence-corrected chi connectivity index (χ1v) is 5.44. The summed E-state index contributed by atoms with van der Waals surface area (Å²) in [7, 11) is 0. The highest BCUT2D eigenvalue weighted by molar-refractivity contribution is 5.95. The Morgan fingerprint density at radius 1 is 1.56 bits per heavy atom. The first kappa shape index (κ1) is 13.6. The van der Waals surface area contributed by atoms with Crippen LogP contribution in [0.25, 0.3) is 0 Å². The van der Waals surface area contributed by atoms with Gasteiger partial charge < -0.3 is 11.1 Å². The van der Waals surface area contributed by atoms with Crippen LogP contribution in [0.1, 0.15) is 23.8 Å². The summed E-state index contributed by atoms with van der Waals surface area (Å²) in [6.07, 6.45) is 1.61. The molecule has 1 aromatic heterocycles. The standard InChI is InChI=1S/C12H14N4O2/c1-8(5-6-13)10(11(14)17)16-12(18)9-4-2-3-7-15-9/h2-4,7-8,10H,5H2,1H3,(H2,14,17)(H,16,18)/t8-,10-/m1/s1. The minimum atomic E-state index is -0.876. The Morgan fingerprint density at radius 2 is 2.28 bits per heavy atom. The van der Waals surface area contributed by atoms with Gasteiger partial charge in [-0.1, -0.05) is 13.0 Å². The summed E-state index contributed by atoms with van der Waals surface area (Å²) in [4.78, 5) is 26.9. The van der Waals surface area contributed by atoms with Crippen LogP contribution in [0.2, 0.25) is 0 Å². The second kappa shape index (κ2) is 6.35. The van der Waals surface area contributed by atoms with Crippen LogP contribution in [-0.4, -0.2) is 22.8 Å². The van der Waals surface area contributed by atoms with Gasteiger partial charge in [0.15, 0.2) is 0 Å². The highest BCUT2D eigenvalue weighted by Gasteiger charge is 2.25. The van der Waals surface area contributed by atoms with Gasteiger partial charge >= 0.3 is 0 Å². The molecule has 6 nitrogen and oxygen atoms in total. The molecular formula is C12H14N4O2. The van der Waals surface area contributed by atoms with Crippen molar-refractivity contribution in [2.24, 2.45) is 11.7 Å². The third-order valence-corrected chi connectivity index (χ3v) is 2.47. The van der Waals surface area contributed by atoms with Gasteiger partial charge in [-0.2, -0.15) is 5.26 Å². The number of amides is 2. The van der Waals surface area contributed by atoms with Gasteiger partial charge in [-0.25, -0.2) is 0 Å². The Bertz CT molecular complexity index is 467. The van der Waals surface area contributed by atoms with Crippen LogP contribution in [0.5, 0.6) is 0 Å². The second-order valence-electron chi connectivity index (χ2n) is 3.91. The number of hydrogen-bond donors (Lipinski definition) is 2. The molecule has 18 heavy (non-hydrogen) atoms. The number of nitrogens with one attached hydrogen (secondary N) is 1. The fourth-order valence-corrected chi connectivity index (χ4v) is 1.47. The van der Waals surface area contributed by atoms with E-state index in [-0.39, 0.29) is 18.0 Å². The molecule has 1 heterocycles. The number of carbonyl (C=O) groups excluding carboxylic acids is 2. The minimum Gasteiger partial charge on any atom is -0.368 e. The number of nitrogens with zero attached hydrogens (tertiary/aromatic N) is 2. The molecule has 0 bridgehead atoms. The monoisotopic (exact) mass is 246 g/mol. The topological polar surface area (TPSA) is 109 Å². The number of carbonyl (C=O) groups is 2. The van der Waals surface area contributed by atoms with Gasteiger partial charge in [-0.3, -0.25) is 14.6 Å². The van der Waals surface area contributed by atoms with Crippen LogP contribution in [-0.2, 0) is 4.79 Å². The lowest BCUT2D eigenvalue weighted by atomic mass is 9.98. The summed E-state index contributed by atoms with van der Waals surface area (Å²) >= 11 is 0. The summed E-state index contributed by atoms with van der Waals surface area (Å²) in [5.41, 5.74) is 5.41. The number of nitriles is 1. The van der Waals surface area contributed by atoms with Crippen molar-refractivity contribution >= 4 is 11.8 Å². The Morgan fingerprint density at radius 3 is 2.78 bits per heavy atom. The lowest BCUT2D eigenvalue weighted by Gasteiger charge is -2.19. The number of nitrogens with two attached hydrogens (primary N) is 1. The summed E-state index contributed by atoms with van der Waals surface area (Å²) in [5, 5.41) is 11.1. The zero-order chi connectivity index (χ0) is 13.5. The molecule has 0 saturated carbocycles. The predicted molar refractivity (Wildman–Crippen MR) is 64.1 cm³/mol. The van der Waals surface area contributed by atoms with E-state index in [1.165, 1.54) is 12.3 Å². The van der Waals surface area contributed by atoms with Crippen LogP contribution in [0.4, 0.5) is 0 Å². The molecule has 0 fully saturated rings. The van der Waals surface area contributed by atoms with E-state index in [1.807, 2.05) is 6.07 Å². The number of primary amides is 1. The van der Waals surface area contributed by atoms with E-state index in [1.54, 1.807) is 19.1 Å². The van der Waals surface area contributed by atoms with Crippen molar-refractivity contribution in [3.63, 3.8) is 0 Å². The van der Waals surface area contributed by atoms with Crippen molar-refractivity contribution in [1.82, 2.24) is 10.3 Å². The molecule has 0 radical (unpaired) electrons. The fourth-order valence-electron chi connectivity index (χ4n) is 1.47. The van der Waals surface area contributed by atoms with Gasteiger partial charge in [0.25, 0.3) is 5.91 Å². The molecule has 0 spiro atoms. The van der Waals surface area contributed by atoms with Crippen molar-refractivity contribution in [1.29, 1.82) is 5.26 Å². The third-order valence-electron chi connectivity index (χ3n) is 2.47. The maximum Gasteiger partial charge on any atom is 0.270 e. The molecule has 94 valence electrons. The maximum absolute atomic E-state index is 11.8. The first-order chi connectivity index (χ1) is 8.56. The Balaban J connectivity index is 2.77. The zero-order valence-electron chi connectivity index (χ0n) is 9.96. The summed E-state index contributed by atoms with van der Waals surface area (Å²) in [5.74, 6) is -1.49. The maximum atomic E-state index is 11.8. The molecule has 0 aliphatic rings. The Hall–Kier alpha value is -2.42. The van der Waals surface area contributed by atoms with Gasteiger partial charge in [-0.15, -0.1) is 0 Å². The highest BCUT2D eigenvalue weighted by atomic mass is 16.2. The van der Waals surface area contributed by atoms with Crippen molar-refractivity contribution in [3.05, 3.63) is 30.1 Å². The van der Waals surface area contributed by atoms with Crippen molar-refractivity contribution in [2.45, 2.75) is 19.4 Å². The number of pyridine rings is 1. The molecule has 0 unspecified atom stereocenters. The predicted octanol–water partition coefficient (Wildman–Crippen LogP) is 0.215. The van der Waals surface area contributed by atoms with Crippen LogP contribution in [0.3, 0.4) is 0 Å². The molecule has 0 aromatic carbocycles. The SMILES string of the molecule is C[C@H](CC#N)[C@@H](NC(=O)c1ccccn1)C(N)=O. The lowest BCUT2D eigenvalue weighted by molar-refractivity contribution is -0.120. The number of rotatable bonds is 5. The Labute approximate surface area is 105 Å². The summed E-state index contributed by atoms with van der Waals surface area (Å²) in [6, 6.07) is 5.94. The molecule has 0 saturated heterocycles. The molecule has 6 heteroatoms. The molecule has 0 aliphatic heterocycles. The fraction of sp³-hybridized carbons (Fsp3) is 0.333. The average molecular weight is 246 g/mol. The van der Waals surface area contributed by atoms with Crippen LogP contribution in [0, 0.1) is 17.2 Å². The van der Waals surface area contributed by atoms with E-state index < -0.39 is 17.9 Å². The van der Waals surface area contributed by atoms with E-state index in [2.05, 4.69) is 10.3 Å². The van der Waals surface area contributed by atoms with Crippen molar-refractivity contribution in [2.75, 3.05) is 0 Å². The minimum absolute atomic E-state index is 0.135. The van der Waals surface area contributed by atoms with Crippen LogP contribution < -0.4 is 11.1 Å². The second-order valence-corrected chi connectivity index (χ2v) is 3.91. The average Bonchev–Trinajstić information content (AvgIpc) is 2.36. The van der Waals surface area contributed by atoms with E-state index >= 15 is 0 Å². The van der Waals surface area contributed by atoms with Crippen LogP contribution >= 0.6 is 0 Å². The highest BCUT2D eigenvalue weighted by Crippen LogP contribution is 2.08. The Kier molecular flexibility index (Phi) is 4.81. The van der Waals surface area contributed by atoms with Gasteiger partial charge in [0.05, 0.1) is 6.07 Å². The lowest BCUT2D eigenvalue weighted by Crippen LogP contribution is -2.48. The molecule has 0 aliphatic carbocycles. The van der Waals surface area contributed by atoms with Gasteiger partial charge in [-0.05, 0) is 18.1 Å². The third kappa shape index (κ3) is 3.56. The molecule has 1 rings (SSSR count). The largest absolute Gasteiger partial charge is 0.368 e. The first-order valence-electron chi connectivity index (χ1n) is 5.44. The molecule has 3 N–H and O–H groups in total. The zero-order valence-corrected chi connectivity index (χ0v) is 9.96. The van der Waals surface area contributed by atoms with E-state index in [0.29, 0.717) is 0 Å². The molecule has 1 aromatic rings. The molecule has 2 atom stereocenters. The smallest absolute Gasteiger partial charge is 0.270 e. The van der Waals surface area contributed by atoms with Gasteiger partial charge in [0.1, 0.15) is 11.7 Å². The van der Waals surface area contributed by atoms with Crippen molar-refractivity contribution in [3.8, 4) is 6.07 Å². The molecular weight excluding hydrogens is 232 g/mol. The molecule has 2 amide bonds. The normalized spacial score (nSPS) is 13.1. The van der Waals surface area contributed by atoms with E-state index in [4.69, 9.17) is 11.0 Å². The quantitative estimate of drug-likeness (QED) is 0.774. The number of hydrogen-bond acceptors (Lipinski definition) is 4. The summed E-state index contributed by atoms with van der Waals surface area (Å²) < 4.78 is 0. The van der Waals surface area contributed by atoms with Gasteiger partial charge in [0, 0.05) is 12.6 Å². The van der Waals surface area contributed by atoms with Gasteiger partial charge in [0.2, 0.25) is 5.91 Å². The van der Waals surface area contributed by atoms with Crippen molar-refractivity contribution < 1.29 is 9.59 Å². The van der Waals surface area contributed by atoms with E-state index in [0.717, 1.165) is 0 Å².